The third-order valence-electron chi connectivity index (χ3n) is 3.25. The summed E-state index contributed by atoms with van der Waals surface area (Å²) in [7, 11) is 0. The van der Waals surface area contributed by atoms with Gasteiger partial charge in [-0.2, -0.15) is 0 Å². The van der Waals surface area contributed by atoms with Gasteiger partial charge in [0.25, 0.3) is 0 Å². The molecule has 0 radical (unpaired) electrons. The fourth-order valence-corrected chi connectivity index (χ4v) is 3.53. The molecule has 0 fully saturated rings. The molecule has 33 heavy (non-hydrogen) atoms. The van der Waals surface area contributed by atoms with Crippen LogP contribution < -0.4 is 0 Å². The average molecular weight is 513 g/mol. The summed E-state index contributed by atoms with van der Waals surface area (Å²) in [5.41, 5.74) is 0. The number of rotatable bonds is 14. The monoisotopic (exact) mass is 512 g/mol. The van der Waals surface area contributed by atoms with Crippen molar-refractivity contribution in [3.8, 4) is 35.5 Å². The molecule has 0 bridgehead atoms. The largest absolute Gasteiger partial charge is 0.461 e. The third kappa shape index (κ3) is 21.7. The van der Waals surface area contributed by atoms with Gasteiger partial charge in [0.15, 0.2) is 6.10 Å². The van der Waals surface area contributed by atoms with Crippen LogP contribution >= 0.6 is 35.3 Å². The van der Waals surface area contributed by atoms with Crippen LogP contribution in [0.25, 0.3) is 0 Å². The second kappa shape index (κ2) is 23.3. The molecule has 0 saturated heterocycles. The topological polar surface area (TPSA) is 78.9 Å². The lowest BCUT2D eigenvalue weighted by Crippen LogP contribution is -2.32. The summed E-state index contributed by atoms with van der Waals surface area (Å²) in [6, 6.07) is 0. The van der Waals surface area contributed by atoms with Gasteiger partial charge in [0.1, 0.15) is 13.2 Å². The lowest BCUT2D eigenvalue weighted by atomic mass is 10.4. The van der Waals surface area contributed by atoms with Crippen LogP contribution in [0.5, 0.6) is 0 Å². The van der Waals surface area contributed by atoms with Crippen molar-refractivity contribution >= 4 is 53.2 Å². The Bertz CT molecular complexity index is 720. The van der Waals surface area contributed by atoms with E-state index in [1.165, 1.54) is 35.3 Å². The van der Waals surface area contributed by atoms with E-state index >= 15 is 0 Å². The summed E-state index contributed by atoms with van der Waals surface area (Å²) in [5, 5.41) is 0. The molecule has 0 aliphatic carbocycles. The van der Waals surface area contributed by atoms with Gasteiger partial charge >= 0.3 is 17.9 Å². The summed E-state index contributed by atoms with van der Waals surface area (Å²) >= 11 is 4.02. The Morgan fingerprint density at radius 3 is 1.33 bits per heavy atom. The number of carbonyl (C=O) groups is 3. The van der Waals surface area contributed by atoms with E-state index < -0.39 is 24.0 Å². The van der Waals surface area contributed by atoms with E-state index in [1.54, 1.807) is 0 Å². The Morgan fingerprint density at radius 1 is 0.606 bits per heavy atom. The van der Waals surface area contributed by atoms with E-state index in [-0.39, 0.29) is 30.5 Å². The molecule has 9 heteroatoms. The van der Waals surface area contributed by atoms with Gasteiger partial charge in [-0.3, -0.25) is 14.4 Å². The van der Waals surface area contributed by atoms with E-state index in [0.717, 1.165) is 19.3 Å². The van der Waals surface area contributed by atoms with E-state index in [9.17, 15) is 14.4 Å². The molecule has 182 valence electrons. The number of hydrogen-bond donors (Lipinski definition) is 0. The maximum Gasteiger partial charge on any atom is 0.316 e. The van der Waals surface area contributed by atoms with Crippen molar-refractivity contribution in [3.05, 3.63) is 0 Å². The Labute approximate surface area is 210 Å². The van der Waals surface area contributed by atoms with Crippen LogP contribution in [0.1, 0.15) is 40.0 Å². The highest BCUT2D eigenvalue weighted by Gasteiger charge is 2.19. The molecule has 0 N–H and O–H groups in total. The molecule has 0 aromatic heterocycles. The molecule has 0 aromatic rings. The summed E-state index contributed by atoms with van der Waals surface area (Å²) in [4.78, 5) is 36.0. The first-order valence-corrected chi connectivity index (χ1v) is 14.1. The van der Waals surface area contributed by atoms with Crippen LogP contribution in [0, 0.1) is 35.5 Å². The van der Waals surface area contributed by atoms with Crippen molar-refractivity contribution in [3.63, 3.8) is 0 Å². The quantitative estimate of drug-likeness (QED) is 0.151. The number of hydrogen-bond acceptors (Lipinski definition) is 9. The zero-order chi connectivity index (χ0) is 24.6. The Hall–Kier alpha value is -1.86. The van der Waals surface area contributed by atoms with Gasteiger partial charge < -0.3 is 14.2 Å². The minimum absolute atomic E-state index is 0.106. The number of thioether (sulfide) groups is 3. The molecule has 6 nitrogen and oxygen atoms in total. The van der Waals surface area contributed by atoms with Gasteiger partial charge in [-0.25, -0.2) is 0 Å². The summed E-state index contributed by atoms with van der Waals surface area (Å²) in [6.07, 6.45) is 1.43. The van der Waals surface area contributed by atoms with Gasteiger partial charge in [-0.05, 0) is 0 Å². The van der Waals surface area contributed by atoms with Crippen LogP contribution in [-0.2, 0) is 28.6 Å². The fourth-order valence-electron chi connectivity index (χ4n) is 1.88. The van der Waals surface area contributed by atoms with Crippen LogP contribution in [0.2, 0.25) is 0 Å². The first-order valence-electron chi connectivity index (χ1n) is 10.6. The minimum Gasteiger partial charge on any atom is -0.461 e. The maximum absolute atomic E-state index is 12.1. The minimum atomic E-state index is -0.873. The standard InChI is InChI=1S/C24H32O6S3/c1-4-7-10-13-31-18-22(25)28-16-21(30-24(27)20-33-15-12-9-6-3)17-29-23(26)19-32-14-11-8-5-2/h21H,4-6,13-20H2,1-3H3. The van der Waals surface area contributed by atoms with Crippen molar-refractivity contribution in [1.82, 2.24) is 0 Å². The van der Waals surface area contributed by atoms with Crippen molar-refractivity contribution in [1.29, 1.82) is 0 Å². The normalized spacial score (nSPS) is 9.45. The number of esters is 3. The van der Waals surface area contributed by atoms with E-state index in [1.807, 2.05) is 20.8 Å². The molecule has 0 rings (SSSR count). The highest BCUT2D eigenvalue weighted by atomic mass is 32.2. The van der Waals surface area contributed by atoms with Gasteiger partial charge in [0.05, 0.1) is 34.5 Å². The first-order chi connectivity index (χ1) is 16.0. The predicted molar refractivity (Wildman–Crippen MR) is 138 cm³/mol. The van der Waals surface area contributed by atoms with Crippen LogP contribution in [0.4, 0.5) is 0 Å². The van der Waals surface area contributed by atoms with Crippen molar-refractivity contribution in [2.75, 3.05) is 47.7 Å². The van der Waals surface area contributed by atoms with Crippen LogP contribution in [0.3, 0.4) is 0 Å². The van der Waals surface area contributed by atoms with E-state index in [0.29, 0.717) is 17.3 Å². The third-order valence-corrected chi connectivity index (χ3v) is 5.61. The maximum atomic E-state index is 12.1. The van der Waals surface area contributed by atoms with E-state index in [4.69, 9.17) is 14.2 Å². The van der Waals surface area contributed by atoms with Crippen LogP contribution in [-0.4, -0.2) is 71.7 Å². The van der Waals surface area contributed by atoms with Gasteiger partial charge in [0, 0.05) is 19.3 Å². The average Bonchev–Trinajstić information content (AvgIpc) is 2.80. The fraction of sp³-hybridized carbons (Fsp3) is 0.625. The lowest BCUT2D eigenvalue weighted by Gasteiger charge is -2.18. The molecular formula is C24H32O6S3. The first kappa shape index (κ1) is 31.1. The molecule has 0 aromatic carbocycles. The van der Waals surface area contributed by atoms with Gasteiger partial charge in [-0.15, -0.1) is 53.0 Å². The Kier molecular flexibility index (Phi) is 22.0. The number of carbonyl (C=O) groups excluding carboxylic acids is 3. The van der Waals surface area contributed by atoms with Crippen molar-refractivity contribution in [2.24, 2.45) is 0 Å². The highest BCUT2D eigenvalue weighted by molar-refractivity contribution is 8.00. The summed E-state index contributed by atoms with van der Waals surface area (Å²) < 4.78 is 15.7. The Balaban J connectivity index is 4.53. The lowest BCUT2D eigenvalue weighted by molar-refractivity contribution is -0.163. The molecular weight excluding hydrogens is 480 g/mol. The van der Waals surface area contributed by atoms with Crippen LogP contribution in [0.15, 0.2) is 0 Å². The highest BCUT2D eigenvalue weighted by Crippen LogP contribution is 2.06. The van der Waals surface area contributed by atoms with Crippen molar-refractivity contribution in [2.45, 2.75) is 46.1 Å². The van der Waals surface area contributed by atoms with Crippen molar-refractivity contribution < 1.29 is 28.6 Å². The zero-order valence-electron chi connectivity index (χ0n) is 19.5. The molecule has 0 unspecified atom stereocenters. The molecule has 0 amide bonds. The molecule has 0 atom stereocenters. The number of ether oxygens (including phenoxy) is 3. The van der Waals surface area contributed by atoms with Gasteiger partial charge in [-0.1, -0.05) is 38.5 Å². The second-order valence-electron chi connectivity index (χ2n) is 6.08. The summed E-state index contributed by atoms with van der Waals surface area (Å²) in [6.45, 7) is 5.49. The molecule has 0 spiro atoms. The molecule has 0 aliphatic rings. The van der Waals surface area contributed by atoms with E-state index in [2.05, 4.69) is 35.5 Å². The Morgan fingerprint density at radius 2 is 0.970 bits per heavy atom. The predicted octanol–water partition coefficient (Wildman–Crippen LogP) is 3.42. The summed E-state index contributed by atoms with van der Waals surface area (Å²) in [5.74, 6) is 18.2. The SMILES string of the molecule is CCC#CCSCC(=O)OCC(COC(=O)CSCC#CCC)OC(=O)CSCC#CCC. The smallest absolute Gasteiger partial charge is 0.316 e. The van der Waals surface area contributed by atoms with Gasteiger partial charge in [0.2, 0.25) is 0 Å². The molecule has 0 saturated carbocycles. The molecule has 0 heterocycles. The zero-order valence-corrected chi connectivity index (χ0v) is 22.0. The second-order valence-corrected chi connectivity index (χ2v) is 9.03. The molecule has 0 aliphatic heterocycles.